The summed E-state index contributed by atoms with van der Waals surface area (Å²) >= 11 is 0. The van der Waals surface area contributed by atoms with Crippen molar-refractivity contribution in [1.82, 2.24) is 0 Å². The summed E-state index contributed by atoms with van der Waals surface area (Å²) in [5.41, 5.74) is 0.0873. The predicted octanol–water partition coefficient (Wildman–Crippen LogP) is 2.01. The third-order valence-corrected chi connectivity index (χ3v) is 2.38. The lowest BCUT2D eigenvalue weighted by Crippen LogP contribution is -2.24. The quantitative estimate of drug-likeness (QED) is 0.567. The highest BCUT2D eigenvalue weighted by atomic mass is 16.6. The van der Waals surface area contributed by atoms with Gasteiger partial charge in [-0.3, -0.25) is 10.1 Å². The van der Waals surface area contributed by atoms with E-state index < -0.39 is 10.5 Å². The number of nitrogens with zero attached hydrogens (tertiary/aromatic N) is 1. The van der Waals surface area contributed by atoms with Gasteiger partial charge in [-0.25, -0.2) is 0 Å². The molecule has 5 nitrogen and oxygen atoms in total. The Balaban J connectivity index is 2.53. The number of benzene rings is 1. The number of nitro groups is 1. The third kappa shape index (κ3) is 1.49. The number of nitro benzene ring substituents is 1. The normalized spacial score (nSPS) is 16.9. The Kier molecular flexibility index (Phi) is 1.86. The fourth-order valence-corrected chi connectivity index (χ4v) is 1.77. The largest absolute Gasteiger partial charge is 0.500 e. The molecule has 0 unspecified atom stereocenters. The Bertz CT molecular complexity index is 439. The number of phenols is 1. The zero-order valence-electron chi connectivity index (χ0n) is 8.48. The summed E-state index contributed by atoms with van der Waals surface area (Å²) in [5.74, 6) is -0.128. The lowest BCUT2D eigenvalue weighted by atomic mass is 10.0. The van der Waals surface area contributed by atoms with Crippen molar-refractivity contribution in [2.75, 3.05) is 0 Å². The molecular formula is C10H11NO4. The number of phenolic OH excluding ortho intramolecular Hbond substituents is 1. The third-order valence-electron chi connectivity index (χ3n) is 2.38. The minimum atomic E-state index is -0.621. The molecule has 0 atom stereocenters. The number of hydrogen-bond acceptors (Lipinski definition) is 4. The van der Waals surface area contributed by atoms with Crippen molar-refractivity contribution >= 4 is 5.69 Å². The maximum atomic E-state index is 10.6. The van der Waals surface area contributed by atoms with Gasteiger partial charge in [0.1, 0.15) is 5.60 Å². The second-order valence-electron chi connectivity index (χ2n) is 4.22. The number of ether oxygens (including phenoxy) is 1. The van der Waals surface area contributed by atoms with Crippen LogP contribution in [0.25, 0.3) is 0 Å². The van der Waals surface area contributed by atoms with Gasteiger partial charge in [0.05, 0.1) is 4.92 Å². The number of rotatable bonds is 1. The van der Waals surface area contributed by atoms with Gasteiger partial charge < -0.3 is 9.84 Å². The van der Waals surface area contributed by atoms with Crippen molar-refractivity contribution < 1.29 is 14.8 Å². The Hall–Kier alpha value is -1.78. The molecule has 1 aliphatic rings. The van der Waals surface area contributed by atoms with Crippen LogP contribution in [0.3, 0.4) is 0 Å². The van der Waals surface area contributed by atoms with Gasteiger partial charge in [-0.05, 0) is 19.9 Å². The summed E-state index contributed by atoms with van der Waals surface area (Å²) < 4.78 is 5.46. The van der Waals surface area contributed by atoms with Crippen molar-refractivity contribution in [1.29, 1.82) is 0 Å². The molecule has 1 N–H and O–H groups in total. The molecule has 2 rings (SSSR count). The molecule has 0 fully saturated rings. The molecule has 5 heteroatoms. The molecule has 80 valence electrons. The van der Waals surface area contributed by atoms with Crippen LogP contribution in [-0.4, -0.2) is 15.6 Å². The van der Waals surface area contributed by atoms with E-state index in [0.29, 0.717) is 6.42 Å². The summed E-state index contributed by atoms with van der Waals surface area (Å²) in [6.07, 6.45) is 0.647. The van der Waals surface area contributed by atoms with Crippen LogP contribution in [-0.2, 0) is 6.42 Å². The van der Waals surface area contributed by atoms with Gasteiger partial charge in [-0.15, -0.1) is 0 Å². The molecule has 0 bridgehead atoms. The lowest BCUT2D eigenvalue weighted by Gasteiger charge is -2.16. The molecule has 0 aromatic heterocycles. The summed E-state index contributed by atoms with van der Waals surface area (Å²) in [6.45, 7) is 3.75. The predicted molar refractivity (Wildman–Crippen MR) is 53.2 cm³/mol. The van der Waals surface area contributed by atoms with Crippen LogP contribution in [0.5, 0.6) is 11.5 Å². The van der Waals surface area contributed by atoms with Crippen LogP contribution in [0.1, 0.15) is 19.4 Å². The molecule has 0 spiro atoms. The van der Waals surface area contributed by atoms with Crippen LogP contribution >= 0.6 is 0 Å². The maximum Gasteiger partial charge on any atom is 0.314 e. The molecule has 0 radical (unpaired) electrons. The van der Waals surface area contributed by atoms with E-state index in [-0.39, 0.29) is 17.2 Å². The zero-order chi connectivity index (χ0) is 11.2. The van der Waals surface area contributed by atoms with E-state index in [4.69, 9.17) is 4.74 Å². The highest BCUT2D eigenvalue weighted by Gasteiger charge is 2.35. The molecule has 0 saturated carbocycles. The molecule has 1 heterocycles. The summed E-state index contributed by atoms with van der Waals surface area (Å²) in [6, 6.07) is 2.93. The first-order valence-electron chi connectivity index (χ1n) is 4.59. The van der Waals surface area contributed by atoms with E-state index in [0.717, 1.165) is 5.56 Å². The van der Waals surface area contributed by atoms with Crippen molar-refractivity contribution in [3.05, 3.63) is 27.8 Å². The standard InChI is InChI=1S/C10H11NO4/c1-10(2)5-6-3-4-7(11(13)14)8(12)9(6)15-10/h3-4,12H,5H2,1-2H3. The summed E-state index contributed by atoms with van der Waals surface area (Å²) in [7, 11) is 0. The lowest BCUT2D eigenvalue weighted by molar-refractivity contribution is -0.386. The fraction of sp³-hybridized carbons (Fsp3) is 0.400. The molecule has 1 aliphatic heterocycles. The minimum absolute atomic E-state index is 0.245. The van der Waals surface area contributed by atoms with Gasteiger partial charge in [0.25, 0.3) is 0 Å². The number of fused-ring (bicyclic) bond motifs is 1. The maximum absolute atomic E-state index is 10.6. The van der Waals surface area contributed by atoms with Crippen LogP contribution in [0.2, 0.25) is 0 Å². The average Bonchev–Trinajstić information content (AvgIpc) is 2.40. The first-order valence-corrected chi connectivity index (χ1v) is 4.59. The highest BCUT2D eigenvalue weighted by molar-refractivity contribution is 5.60. The first kappa shape index (κ1) is 9.76. The molecule has 0 aliphatic carbocycles. The SMILES string of the molecule is CC1(C)Cc2ccc([N+](=O)[O-])c(O)c2O1. The fourth-order valence-electron chi connectivity index (χ4n) is 1.77. The Morgan fingerprint density at radius 3 is 2.80 bits per heavy atom. The molecular weight excluding hydrogens is 198 g/mol. The van der Waals surface area contributed by atoms with Crippen molar-refractivity contribution in [2.45, 2.75) is 25.9 Å². The van der Waals surface area contributed by atoms with Crippen molar-refractivity contribution in [2.24, 2.45) is 0 Å². The van der Waals surface area contributed by atoms with E-state index >= 15 is 0 Å². The molecule has 0 saturated heterocycles. The first-order chi connectivity index (χ1) is 6.91. The smallest absolute Gasteiger partial charge is 0.314 e. The number of hydrogen-bond donors (Lipinski definition) is 1. The zero-order valence-corrected chi connectivity index (χ0v) is 8.48. The van der Waals surface area contributed by atoms with Crippen LogP contribution in [0, 0.1) is 10.1 Å². The highest BCUT2D eigenvalue weighted by Crippen LogP contribution is 2.45. The van der Waals surface area contributed by atoms with Crippen molar-refractivity contribution in [3.63, 3.8) is 0 Å². The Morgan fingerprint density at radius 1 is 1.53 bits per heavy atom. The molecule has 15 heavy (non-hydrogen) atoms. The Morgan fingerprint density at radius 2 is 2.20 bits per heavy atom. The van der Waals surface area contributed by atoms with Crippen LogP contribution in [0.4, 0.5) is 5.69 Å². The van der Waals surface area contributed by atoms with Gasteiger partial charge in [0.15, 0.2) is 5.75 Å². The molecule has 1 aromatic carbocycles. The second kappa shape index (κ2) is 2.85. The van der Waals surface area contributed by atoms with Crippen LogP contribution < -0.4 is 4.74 Å². The van der Waals surface area contributed by atoms with Crippen LogP contribution in [0.15, 0.2) is 12.1 Å². The second-order valence-corrected chi connectivity index (χ2v) is 4.22. The van der Waals surface area contributed by atoms with Gasteiger partial charge >= 0.3 is 5.69 Å². The summed E-state index contributed by atoms with van der Waals surface area (Å²) in [4.78, 5) is 9.95. The van der Waals surface area contributed by atoms with Gasteiger partial charge in [0.2, 0.25) is 5.75 Å². The molecule has 0 amide bonds. The van der Waals surface area contributed by atoms with E-state index in [1.165, 1.54) is 6.07 Å². The van der Waals surface area contributed by atoms with E-state index in [9.17, 15) is 15.2 Å². The van der Waals surface area contributed by atoms with Gasteiger partial charge in [-0.2, -0.15) is 0 Å². The van der Waals surface area contributed by atoms with Gasteiger partial charge in [-0.1, -0.05) is 0 Å². The van der Waals surface area contributed by atoms with E-state index in [2.05, 4.69) is 0 Å². The van der Waals surface area contributed by atoms with E-state index in [1.54, 1.807) is 6.07 Å². The van der Waals surface area contributed by atoms with Gasteiger partial charge in [0, 0.05) is 18.1 Å². The monoisotopic (exact) mass is 209 g/mol. The van der Waals surface area contributed by atoms with E-state index in [1.807, 2.05) is 13.8 Å². The number of aromatic hydroxyl groups is 1. The minimum Gasteiger partial charge on any atom is -0.500 e. The summed E-state index contributed by atoms with van der Waals surface area (Å²) in [5, 5.41) is 20.2. The molecule has 1 aromatic rings. The average molecular weight is 209 g/mol. The topological polar surface area (TPSA) is 72.6 Å². The Labute approximate surface area is 86.4 Å². The van der Waals surface area contributed by atoms with Crippen molar-refractivity contribution in [3.8, 4) is 11.5 Å².